The molecule has 0 amide bonds. The fraction of sp³-hybridized carbons (Fsp3) is 0.750. The molecule has 162 valence electrons. The van der Waals surface area contributed by atoms with E-state index in [0.717, 1.165) is 18.1 Å². The summed E-state index contributed by atoms with van der Waals surface area (Å²) in [4.78, 5) is 0.300. The first-order chi connectivity index (χ1) is 13.6. The Morgan fingerprint density at radius 2 is 1.17 bits per heavy atom. The first kappa shape index (κ1) is 29.1. The van der Waals surface area contributed by atoms with Crippen LogP contribution < -0.4 is 34.3 Å². The van der Waals surface area contributed by atoms with Gasteiger partial charge in [0.05, 0.1) is 6.61 Å². The first-order valence-electron chi connectivity index (χ1n) is 11.4. The molecule has 0 aromatic heterocycles. The van der Waals surface area contributed by atoms with E-state index in [1.807, 2.05) is 0 Å². The number of hydrogen-bond donors (Lipinski definition) is 0. The Balaban J connectivity index is 0.00000784. The molecule has 0 spiro atoms. The Morgan fingerprint density at radius 1 is 0.759 bits per heavy atom. The van der Waals surface area contributed by atoms with Crippen molar-refractivity contribution in [2.45, 2.75) is 109 Å². The van der Waals surface area contributed by atoms with Crippen molar-refractivity contribution in [2.75, 3.05) is 6.61 Å². The minimum atomic E-state index is -2.16. The van der Waals surface area contributed by atoms with Crippen LogP contribution in [0.15, 0.2) is 29.2 Å². The number of unbranched alkanes of at least 4 members (excludes halogenated alkanes) is 12. The monoisotopic (exact) mass is 432 g/mol. The molecule has 3 nitrogen and oxygen atoms in total. The van der Waals surface area contributed by atoms with Gasteiger partial charge in [0.25, 0.3) is 0 Å². The third-order valence-electron chi connectivity index (χ3n) is 5.21. The molecule has 0 saturated carbocycles. The number of benzene rings is 1. The van der Waals surface area contributed by atoms with E-state index >= 15 is 0 Å². The Hall–Kier alpha value is 0.130. The van der Waals surface area contributed by atoms with Gasteiger partial charge in [-0.15, -0.1) is 0 Å². The van der Waals surface area contributed by atoms with E-state index in [0.29, 0.717) is 11.5 Å². The molecule has 1 atom stereocenters. The van der Waals surface area contributed by atoms with Gasteiger partial charge in [0, 0.05) is 4.90 Å². The smallest absolute Gasteiger partial charge is 0.768 e. The van der Waals surface area contributed by atoms with Crippen LogP contribution in [0.2, 0.25) is 0 Å². The van der Waals surface area contributed by atoms with Gasteiger partial charge in [-0.25, -0.2) is 0 Å². The molecule has 0 bridgehead atoms. The first-order valence-corrected chi connectivity index (χ1v) is 12.5. The fourth-order valence-corrected chi connectivity index (χ4v) is 3.79. The van der Waals surface area contributed by atoms with Gasteiger partial charge in [-0.05, 0) is 47.7 Å². The maximum atomic E-state index is 10.8. The average molecular weight is 433 g/mol. The van der Waals surface area contributed by atoms with Crippen molar-refractivity contribution in [3.63, 3.8) is 0 Å². The summed E-state index contributed by atoms with van der Waals surface area (Å²) in [5, 5.41) is 0. The van der Waals surface area contributed by atoms with Crippen LogP contribution in [0.1, 0.15) is 104 Å². The van der Waals surface area contributed by atoms with Crippen LogP contribution in [0.4, 0.5) is 0 Å². The summed E-state index contributed by atoms with van der Waals surface area (Å²) in [7, 11) is 0. The number of rotatable bonds is 18. The van der Waals surface area contributed by atoms with E-state index in [9.17, 15) is 8.76 Å². The molecule has 0 radical (unpaired) electrons. The number of ether oxygens (including phenoxy) is 1. The van der Waals surface area contributed by atoms with Crippen molar-refractivity contribution in [3.8, 4) is 5.75 Å². The van der Waals surface area contributed by atoms with Crippen molar-refractivity contribution in [1.82, 2.24) is 0 Å². The van der Waals surface area contributed by atoms with E-state index in [4.69, 9.17) is 4.74 Å². The molecule has 0 aliphatic rings. The largest absolute Gasteiger partial charge is 1.00 e. The van der Waals surface area contributed by atoms with Crippen LogP contribution in [0, 0.1) is 5.92 Å². The molecule has 1 rings (SSSR count). The quantitative estimate of drug-likeness (QED) is 0.196. The second-order valence-electron chi connectivity index (χ2n) is 8.33. The molecule has 5 heteroatoms. The summed E-state index contributed by atoms with van der Waals surface area (Å²) in [6.45, 7) is 5.34. The molecule has 0 fully saturated rings. The van der Waals surface area contributed by atoms with Gasteiger partial charge in [0.15, 0.2) is 0 Å². The summed E-state index contributed by atoms with van der Waals surface area (Å²) >= 11 is -2.16. The number of hydrogen-bond acceptors (Lipinski definition) is 3. The fourth-order valence-electron chi connectivity index (χ4n) is 3.44. The van der Waals surface area contributed by atoms with Gasteiger partial charge >= 0.3 is 29.6 Å². The predicted molar refractivity (Wildman–Crippen MR) is 119 cm³/mol. The minimum Gasteiger partial charge on any atom is -0.768 e. The van der Waals surface area contributed by atoms with Crippen LogP contribution in [0.5, 0.6) is 5.75 Å². The Bertz CT molecular complexity index is 505. The topological polar surface area (TPSA) is 49.4 Å². The minimum absolute atomic E-state index is 0. The van der Waals surface area contributed by atoms with Gasteiger partial charge in [-0.3, -0.25) is 4.21 Å². The zero-order chi connectivity index (χ0) is 20.5. The van der Waals surface area contributed by atoms with Gasteiger partial charge in [0.1, 0.15) is 5.75 Å². The van der Waals surface area contributed by atoms with Crippen LogP contribution in [-0.4, -0.2) is 15.4 Å². The van der Waals surface area contributed by atoms with Crippen molar-refractivity contribution >= 4 is 11.1 Å². The molecule has 1 aromatic rings. The Kier molecular flexibility index (Phi) is 20.1. The van der Waals surface area contributed by atoms with E-state index in [2.05, 4.69) is 13.8 Å². The van der Waals surface area contributed by atoms with Gasteiger partial charge in [0.2, 0.25) is 0 Å². The van der Waals surface area contributed by atoms with Crippen molar-refractivity contribution in [2.24, 2.45) is 5.92 Å². The van der Waals surface area contributed by atoms with E-state index < -0.39 is 11.1 Å². The third kappa shape index (κ3) is 17.5. The standard InChI is InChI=1S/C24H42O3S.Na/c1-22(2)16-14-12-10-8-6-4-3-5-7-9-11-13-15-21-27-23-17-19-24(20-18-23)28(25)26;/h17-20,22H,3-16,21H2,1-2H3,(H,25,26);/q;+1/p-1. The summed E-state index contributed by atoms with van der Waals surface area (Å²) < 4.78 is 27.3. The molecule has 29 heavy (non-hydrogen) atoms. The predicted octanol–water partition coefficient (Wildman–Crippen LogP) is 4.42. The van der Waals surface area contributed by atoms with Crippen molar-refractivity contribution in [3.05, 3.63) is 24.3 Å². The molecule has 0 heterocycles. The maximum absolute atomic E-state index is 10.8. The molecule has 0 aliphatic heterocycles. The summed E-state index contributed by atoms with van der Waals surface area (Å²) in [6.07, 6.45) is 19.0. The van der Waals surface area contributed by atoms with Crippen LogP contribution >= 0.6 is 0 Å². The second-order valence-corrected chi connectivity index (χ2v) is 9.27. The van der Waals surface area contributed by atoms with Gasteiger partial charge < -0.3 is 9.29 Å². The van der Waals surface area contributed by atoms with Crippen LogP contribution in [0.25, 0.3) is 0 Å². The summed E-state index contributed by atoms with van der Waals surface area (Å²) in [5.74, 6) is 1.61. The van der Waals surface area contributed by atoms with Gasteiger partial charge in [-0.2, -0.15) is 0 Å². The normalized spacial score (nSPS) is 12.0. The maximum Gasteiger partial charge on any atom is 1.00 e. The van der Waals surface area contributed by atoms with Crippen molar-refractivity contribution in [1.29, 1.82) is 0 Å². The summed E-state index contributed by atoms with van der Waals surface area (Å²) in [5.41, 5.74) is 0. The molecule has 1 aromatic carbocycles. The zero-order valence-corrected chi connectivity index (χ0v) is 21.9. The Morgan fingerprint density at radius 3 is 1.59 bits per heavy atom. The SMILES string of the molecule is CC(C)CCCCCCCCCCCCCCCOc1ccc(S(=O)[O-])cc1.[Na+]. The van der Waals surface area contributed by atoms with Crippen LogP contribution in [0.3, 0.4) is 0 Å². The molecule has 0 aliphatic carbocycles. The molecule has 0 saturated heterocycles. The average Bonchev–Trinajstić information content (AvgIpc) is 2.67. The second kappa shape index (κ2) is 20.1. The molecule has 1 unspecified atom stereocenters. The van der Waals surface area contributed by atoms with Crippen molar-refractivity contribution < 1.29 is 43.1 Å². The molecule has 0 N–H and O–H groups in total. The third-order valence-corrected chi connectivity index (χ3v) is 5.87. The van der Waals surface area contributed by atoms with E-state index in [-0.39, 0.29) is 29.6 Å². The van der Waals surface area contributed by atoms with E-state index in [1.165, 1.54) is 83.5 Å². The van der Waals surface area contributed by atoms with E-state index in [1.54, 1.807) is 24.3 Å². The molecular formula is C24H41NaO3S. The summed E-state index contributed by atoms with van der Waals surface area (Å²) in [6, 6.07) is 6.59. The zero-order valence-electron chi connectivity index (χ0n) is 19.1. The van der Waals surface area contributed by atoms with Crippen LogP contribution in [-0.2, 0) is 11.1 Å². The molecular weight excluding hydrogens is 391 g/mol. The van der Waals surface area contributed by atoms with Gasteiger partial charge in [-0.1, -0.05) is 97.3 Å². The Labute approximate surface area is 204 Å².